The van der Waals surface area contributed by atoms with Gasteiger partial charge in [0, 0.05) is 0 Å². The number of hydrogen-bond acceptors (Lipinski definition) is 9. The van der Waals surface area contributed by atoms with Gasteiger partial charge < -0.3 is 43.4 Å². The molecule has 39 heavy (non-hydrogen) atoms. The molecule has 1 saturated heterocycles. The summed E-state index contributed by atoms with van der Waals surface area (Å²) in [5.74, 6) is 2.21. The van der Waals surface area contributed by atoms with Gasteiger partial charge in [-0.3, -0.25) is 0 Å². The van der Waals surface area contributed by atoms with Crippen molar-refractivity contribution in [2.45, 2.75) is 50.5 Å². The molecule has 0 aromatic heterocycles. The van der Waals surface area contributed by atoms with Crippen molar-refractivity contribution < 1.29 is 43.4 Å². The van der Waals surface area contributed by atoms with Crippen molar-refractivity contribution in [2.75, 3.05) is 27.9 Å². The van der Waals surface area contributed by atoms with Crippen LogP contribution in [0.4, 0.5) is 0 Å². The van der Waals surface area contributed by atoms with Crippen LogP contribution >= 0.6 is 0 Å². The Kier molecular flexibility index (Phi) is 10.5. The van der Waals surface area contributed by atoms with Gasteiger partial charge in [0.05, 0.1) is 47.8 Å². The number of methoxy groups -OCH3 is 3. The fourth-order valence-corrected chi connectivity index (χ4v) is 4.35. The zero-order valence-corrected chi connectivity index (χ0v) is 22.4. The van der Waals surface area contributed by atoms with Crippen LogP contribution in [0.2, 0.25) is 0 Å². The summed E-state index contributed by atoms with van der Waals surface area (Å²) in [6.07, 6.45) is -4.50. The molecule has 0 unspecified atom stereocenters. The molecule has 210 valence electrons. The molecular weight excluding hydrogens is 504 g/mol. The van der Waals surface area contributed by atoms with Gasteiger partial charge in [0.15, 0.2) is 6.29 Å². The Morgan fingerprint density at radius 3 is 1.28 bits per heavy atom. The molecule has 0 spiro atoms. The van der Waals surface area contributed by atoms with Crippen molar-refractivity contribution in [3.8, 4) is 17.2 Å². The molecular formula is C30H36O9. The van der Waals surface area contributed by atoms with E-state index in [2.05, 4.69) is 0 Å². The van der Waals surface area contributed by atoms with Crippen LogP contribution in [0.1, 0.15) is 16.7 Å². The topological polar surface area (TPSA) is 105 Å². The molecule has 0 saturated carbocycles. The number of aliphatic hydroxyl groups excluding tert-OH is 2. The van der Waals surface area contributed by atoms with Crippen LogP contribution in [0.3, 0.4) is 0 Å². The molecule has 4 rings (SSSR count). The third-order valence-corrected chi connectivity index (χ3v) is 6.59. The Morgan fingerprint density at radius 2 is 0.923 bits per heavy atom. The molecule has 0 bridgehead atoms. The van der Waals surface area contributed by atoms with Crippen LogP contribution in [0.5, 0.6) is 17.2 Å². The van der Waals surface area contributed by atoms with Crippen LogP contribution in [0.15, 0.2) is 72.8 Å². The third kappa shape index (κ3) is 7.69. The molecule has 1 aliphatic heterocycles. The quantitative estimate of drug-likeness (QED) is 0.337. The highest BCUT2D eigenvalue weighted by Gasteiger charge is 2.47. The predicted molar refractivity (Wildman–Crippen MR) is 143 cm³/mol. The van der Waals surface area contributed by atoms with E-state index in [9.17, 15) is 10.2 Å². The van der Waals surface area contributed by atoms with E-state index in [-0.39, 0.29) is 26.4 Å². The van der Waals surface area contributed by atoms with E-state index in [1.165, 1.54) is 0 Å². The molecule has 0 radical (unpaired) electrons. The Morgan fingerprint density at radius 1 is 0.564 bits per heavy atom. The van der Waals surface area contributed by atoms with Crippen molar-refractivity contribution in [1.29, 1.82) is 0 Å². The van der Waals surface area contributed by atoms with E-state index in [0.29, 0.717) is 0 Å². The van der Waals surface area contributed by atoms with Crippen LogP contribution in [-0.2, 0) is 38.8 Å². The average Bonchev–Trinajstić information content (AvgIpc) is 2.99. The zero-order chi connectivity index (χ0) is 27.6. The van der Waals surface area contributed by atoms with Crippen molar-refractivity contribution in [3.63, 3.8) is 0 Å². The summed E-state index contributed by atoms with van der Waals surface area (Å²) in [7, 11) is 4.83. The first-order valence-corrected chi connectivity index (χ1v) is 12.7. The SMILES string of the molecule is COc1ccc(CO[C@@H]2[C@@H](OCc3ccc(OC)cc3)[C@@H](O)O[C@H](CO)[C@H]2OCc2ccc(OC)cc2)cc1. The Labute approximate surface area is 228 Å². The molecule has 1 fully saturated rings. The Bertz CT molecular complexity index is 1120. The summed E-state index contributed by atoms with van der Waals surface area (Å²) in [5.41, 5.74) is 2.69. The maximum Gasteiger partial charge on any atom is 0.184 e. The second kappa shape index (κ2) is 14.3. The number of hydrogen-bond donors (Lipinski definition) is 2. The first kappa shape index (κ1) is 28.8. The van der Waals surface area contributed by atoms with E-state index in [4.69, 9.17) is 33.2 Å². The smallest absolute Gasteiger partial charge is 0.184 e. The normalized spacial score (nSPS) is 22.8. The maximum absolute atomic E-state index is 10.9. The van der Waals surface area contributed by atoms with Gasteiger partial charge in [0.2, 0.25) is 0 Å². The van der Waals surface area contributed by atoms with Crippen LogP contribution in [0, 0.1) is 0 Å². The number of rotatable bonds is 13. The molecule has 9 nitrogen and oxygen atoms in total. The lowest BCUT2D eigenvalue weighted by molar-refractivity contribution is -0.315. The maximum atomic E-state index is 10.9. The van der Waals surface area contributed by atoms with Gasteiger partial charge in [-0.15, -0.1) is 0 Å². The van der Waals surface area contributed by atoms with Crippen LogP contribution in [-0.4, -0.2) is 68.9 Å². The fraction of sp³-hybridized carbons (Fsp3) is 0.400. The van der Waals surface area contributed by atoms with Gasteiger partial charge in [-0.05, 0) is 53.1 Å². The number of ether oxygens (including phenoxy) is 7. The standard InChI is InChI=1S/C30H36O9/c1-33-23-10-4-20(5-11-23)17-36-27-26(16-31)39-30(32)29(38-19-22-8-14-25(35-3)15-9-22)28(27)37-18-21-6-12-24(34-2)13-7-21/h4-15,26-32H,16-19H2,1-3H3/t26-,27-,28+,29-,30+/m1/s1. The molecule has 1 heterocycles. The van der Waals surface area contributed by atoms with Crippen molar-refractivity contribution in [2.24, 2.45) is 0 Å². The molecule has 5 atom stereocenters. The summed E-state index contributed by atoms with van der Waals surface area (Å²) >= 11 is 0. The van der Waals surface area contributed by atoms with Gasteiger partial charge in [-0.1, -0.05) is 36.4 Å². The molecule has 2 N–H and O–H groups in total. The second-order valence-corrected chi connectivity index (χ2v) is 9.12. The van der Waals surface area contributed by atoms with Crippen molar-refractivity contribution in [3.05, 3.63) is 89.5 Å². The van der Waals surface area contributed by atoms with E-state index in [0.717, 1.165) is 33.9 Å². The van der Waals surface area contributed by atoms with Gasteiger partial charge in [0.1, 0.15) is 41.7 Å². The van der Waals surface area contributed by atoms with E-state index in [1.54, 1.807) is 21.3 Å². The number of benzene rings is 3. The minimum Gasteiger partial charge on any atom is -0.497 e. The largest absolute Gasteiger partial charge is 0.497 e. The second-order valence-electron chi connectivity index (χ2n) is 9.12. The fourth-order valence-electron chi connectivity index (χ4n) is 4.35. The molecule has 0 amide bonds. The lowest BCUT2D eigenvalue weighted by Crippen LogP contribution is -2.61. The predicted octanol–water partition coefficient (Wildman–Crippen LogP) is 3.48. The van der Waals surface area contributed by atoms with E-state index < -0.39 is 30.7 Å². The zero-order valence-electron chi connectivity index (χ0n) is 22.4. The monoisotopic (exact) mass is 540 g/mol. The Balaban J connectivity index is 1.53. The number of aliphatic hydroxyl groups is 2. The first-order chi connectivity index (χ1) is 19.0. The minimum atomic E-state index is -1.33. The van der Waals surface area contributed by atoms with Crippen molar-refractivity contribution >= 4 is 0 Å². The summed E-state index contributed by atoms with van der Waals surface area (Å²) < 4.78 is 40.2. The van der Waals surface area contributed by atoms with Crippen molar-refractivity contribution in [1.82, 2.24) is 0 Å². The van der Waals surface area contributed by atoms with Gasteiger partial charge in [-0.25, -0.2) is 0 Å². The third-order valence-electron chi connectivity index (χ3n) is 6.59. The first-order valence-electron chi connectivity index (χ1n) is 12.7. The highest BCUT2D eigenvalue weighted by Crippen LogP contribution is 2.30. The van der Waals surface area contributed by atoms with Crippen LogP contribution in [0.25, 0.3) is 0 Å². The molecule has 0 aliphatic carbocycles. The summed E-state index contributed by atoms with van der Waals surface area (Å²) in [5, 5.41) is 21.0. The lowest BCUT2D eigenvalue weighted by atomic mass is 9.98. The highest BCUT2D eigenvalue weighted by molar-refractivity contribution is 5.28. The Hall–Kier alpha value is -3.18. The minimum absolute atomic E-state index is 0.201. The summed E-state index contributed by atoms with van der Waals surface area (Å²) in [4.78, 5) is 0. The van der Waals surface area contributed by atoms with E-state index in [1.807, 2.05) is 72.8 Å². The molecule has 3 aromatic rings. The highest BCUT2D eigenvalue weighted by atomic mass is 16.7. The van der Waals surface area contributed by atoms with Crippen LogP contribution < -0.4 is 14.2 Å². The summed E-state index contributed by atoms with van der Waals surface area (Å²) in [6, 6.07) is 22.5. The molecule has 1 aliphatic rings. The molecule has 3 aromatic carbocycles. The van der Waals surface area contributed by atoms with Gasteiger partial charge in [0.25, 0.3) is 0 Å². The van der Waals surface area contributed by atoms with E-state index >= 15 is 0 Å². The molecule has 9 heteroatoms. The summed E-state index contributed by atoms with van der Waals surface area (Å²) in [6.45, 7) is 0.299. The van der Waals surface area contributed by atoms with Gasteiger partial charge >= 0.3 is 0 Å². The van der Waals surface area contributed by atoms with Gasteiger partial charge in [-0.2, -0.15) is 0 Å². The lowest BCUT2D eigenvalue weighted by Gasteiger charge is -2.44. The average molecular weight is 541 g/mol.